The molecule has 16 heavy (non-hydrogen) atoms. The van der Waals surface area contributed by atoms with Crippen molar-refractivity contribution in [2.75, 3.05) is 6.61 Å². The van der Waals surface area contributed by atoms with Gasteiger partial charge in [0.1, 0.15) is 0 Å². The van der Waals surface area contributed by atoms with Crippen molar-refractivity contribution >= 4 is 11.3 Å². The fourth-order valence-corrected chi connectivity index (χ4v) is 2.05. The number of rotatable bonds is 4. The lowest BCUT2D eigenvalue weighted by Crippen LogP contribution is -2.03. The van der Waals surface area contributed by atoms with Crippen LogP contribution in [0.2, 0.25) is 0 Å². The van der Waals surface area contributed by atoms with Crippen LogP contribution in [0.5, 0.6) is 5.88 Å². The minimum atomic E-state index is -0.522. The highest BCUT2D eigenvalue weighted by Crippen LogP contribution is 2.13. The molecule has 0 aliphatic carbocycles. The van der Waals surface area contributed by atoms with Crippen molar-refractivity contribution in [1.82, 2.24) is 9.97 Å². The SMILES string of the molecule is Cc1ncsc1CCOc1cccc(F)n1. The van der Waals surface area contributed by atoms with Gasteiger partial charge in [-0.15, -0.1) is 11.3 Å². The van der Waals surface area contributed by atoms with E-state index in [-0.39, 0.29) is 0 Å². The molecule has 0 bridgehead atoms. The van der Waals surface area contributed by atoms with Crippen LogP contribution in [-0.2, 0) is 6.42 Å². The van der Waals surface area contributed by atoms with Crippen molar-refractivity contribution in [1.29, 1.82) is 0 Å². The lowest BCUT2D eigenvalue weighted by Gasteiger charge is -2.03. The highest BCUT2D eigenvalue weighted by molar-refractivity contribution is 7.09. The maximum atomic E-state index is 12.7. The summed E-state index contributed by atoms with van der Waals surface area (Å²) in [4.78, 5) is 8.95. The summed E-state index contributed by atoms with van der Waals surface area (Å²) >= 11 is 1.60. The van der Waals surface area contributed by atoms with Crippen LogP contribution >= 0.6 is 11.3 Å². The number of hydrogen-bond acceptors (Lipinski definition) is 4. The van der Waals surface area contributed by atoms with Crippen LogP contribution < -0.4 is 4.74 Å². The smallest absolute Gasteiger partial charge is 0.216 e. The number of aromatic nitrogens is 2. The number of thiazole rings is 1. The summed E-state index contributed by atoms with van der Waals surface area (Å²) in [6.45, 7) is 2.45. The van der Waals surface area contributed by atoms with Gasteiger partial charge in [0.15, 0.2) is 0 Å². The van der Waals surface area contributed by atoms with Gasteiger partial charge in [-0.1, -0.05) is 6.07 Å². The van der Waals surface area contributed by atoms with E-state index in [1.54, 1.807) is 23.5 Å². The van der Waals surface area contributed by atoms with Crippen LogP contribution in [-0.4, -0.2) is 16.6 Å². The monoisotopic (exact) mass is 238 g/mol. The Hall–Kier alpha value is -1.49. The van der Waals surface area contributed by atoms with E-state index in [1.165, 1.54) is 10.9 Å². The molecule has 0 fully saturated rings. The number of halogens is 1. The Morgan fingerprint density at radius 2 is 2.31 bits per heavy atom. The zero-order valence-electron chi connectivity index (χ0n) is 8.81. The highest BCUT2D eigenvalue weighted by atomic mass is 32.1. The number of ether oxygens (including phenoxy) is 1. The molecule has 0 saturated carbocycles. The Bertz CT molecular complexity index is 473. The van der Waals surface area contributed by atoms with Gasteiger partial charge in [0.2, 0.25) is 11.8 Å². The van der Waals surface area contributed by atoms with E-state index in [2.05, 4.69) is 9.97 Å². The fourth-order valence-electron chi connectivity index (χ4n) is 1.28. The summed E-state index contributed by atoms with van der Waals surface area (Å²) in [5, 5.41) is 0. The van der Waals surface area contributed by atoms with Crippen molar-refractivity contribution < 1.29 is 9.13 Å². The van der Waals surface area contributed by atoms with Gasteiger partial charge in [0.05, 0.1) is 17.8 Å². The molecule has 2 aromatic heterocycles. The number of pyridine rings is 1. The highest BCUT2D eigenvalue weighted by Gasteiger charge is 2.02. The van der Waals surface area contributed by atoms with Crippen LogP contribution in [0.4, 0.5) is 4.39 Å². The molecule has 0 aromatic carbocycles. The van der Waals surface area contributed by atoms with Crippen molar-refractivity contribution in [3.05, 3.63) is 40.2 Å². The third-order valence-corrected chi connectivity index (χ3v) is 3.11. The third kappa shape index (κ3) is 2.76. The number of hydrogen-bond donors (Lipinski definition) is 0. The van der Waals surface area contributed by atoms with Crippen LogP contribution in [0.3, 0.4) is 0 Å². The van der Waals surface area contributed by atoms with E-state index in [9.17, 15) is 4.39 Å². The van der Waals surface area contributed by atoms with E-state index in [4.69, 9.17) is 4.74 Å². The molecule has 0 saturated heterocycles. The van der Waals surface area contributed by atoms with Crippen molar-refractivity contribution in [2.45, 2.75) is 13.3 Å². The van der Waals surface area contributed by atoms with Crippen molar-refractivity contribution in [3.8, 4) is 5.88 Å². The van der Waals surface area contributed by atoms with Crippen LogP contribution in [0.25, 0.3) is 0 Å². The molecule has 0 spiro atoms. The quantitative estimate of drug-likeness (QED) is 0.768. The molecule has 84 valence electrons. The Balaban J connectivity index is 1.87. The predicted octanol–water partition coefficient (Wildman–Crippen LogP) is 2.61. The molecule has 2 rings (SSSR count). The number of nitrogens with zero attached hydrogens (tertiary/aromatic N) is 2. The van der Waals surface area contributed by atoms with Gasteiger partial charge in [0.25, 0.3) is 0 Å². The Morgan fingerprint density at radius 1 is 1.44 bits per heavy atom. The van der Waals surface area contributed by atoms with E-state index in [1.807, 2.05) is 12.4 Å². The lowest BCUT2D eigenvalue weighted by molar-refractivity contribution is 0.305. The summed E-state index contributed by atoms with van der Waals surface area (Å²) in [7, 11) is 0. The van der Waals surface area contributed by atoms with Crippen molar-refractivity contribution in [2.24, 2.45) is 0 Å². The first kappa shape index (κ1) is 11.0. The zero-order chi connectivity index (χ0) is 11.4. The molecule has 0 amide bonds. The maximum absolute atomic E-state index is 12.7. The zero-order valence-corrected chi connectivity index (χ0v) is 9.63. The van der Waals surface area contributed by atoms with Gasteiger partial charge in [-0.05, 0) is 13.0 Å². The van der Waals surface area contributed by atoms with Gasteiger partial charge >= 0.3 is 0 Å². The Labute approximate surface area is 96.9 Å². The summed E-state index contributed by atoms with van der Waals surface area (Å²) in [5.41, 5.74) is 2.84. The topological polar surface area (TPSA) is 35.0 Å². The van der Waals surface area contributed by atoms with Crippen molar-refractivity contribution in [3.63, 3.8) is 0 Å². The molecule has 5 heteroatoms. The second-order valence-electron chi connectivity index (χ2n) is 3.26. The Kier molecular flexibility index (Phi) is 3.46. The maximum Gasteiger partial charge on any atom is 0.216 e. The lowest BCUT2D eigenvalue weighted by atomic mass is 10.3. The minimum absolute atomic E-state index is 0.321. The molecule has 0 N–H and O–H groups in total. The first-order valence-corrected chi connectivity index (χ1v) is 5.78. The molecule has 3 nitrogen and oxygen atoms in total. The summed E-state index contributed by atoms with van der Waals surface area (Å²) in [6, 6.07) is 4.51. The molecule has 0 aliphatic heterocycles. The van der Waals surface area contributed by atoms with Crippen LogP contribution in [0.15, 0.2) is 23.7 Å². The van der Waals surface area contributed by atoms with Gasteiger partial charge in [-0.2, -0.15) is 9.37 Å². The summed E-state index contributed by atoms with van der Waals surface area (Å²) < 4.78 is 18.1. The van der Waals surface area contributed by atoms with Gasteiger partial charge in [-0.25, -0.2) is 4.98 Å². The second kappa shape index (κ2) is 5.03. The van der Waals surface area contributed by atoms with E-state index in [0.717, 1.165) is 12.1 Å². The fraction of sp³-hybridized carbons (Fsp3) is 0.273. The molecule has 2 heterocycles. The van der Waals surface area contributed by atoms with Crippen LogP contribution in [0, 0.1) is 12.9 Å². The molecule has 0 aliphatic rings. The average Bonchev–Trinajstić information content (AvgIpc) is 2.65. The number of aryl methyl sites for hydroxylation is 1. The third-order valence-electron chi connectivity index (χ3n) is 2.11. The second-order valence-corrected chi connectivity index (χ2v) is 4.20. The average molecular weight is 238 g/mol. The molecule has 0 atom stereocenters. The van der Waals surface area contributed by atoms with Gasteiger partial charge in [-0.3, -0.25) is 0 Å². The molecule has 0 radical (unpaired) electrons. The van der Waals surface area contributed by atoms with E-state index in [0.29, 0.717) is 12.5 Å². The molecular weight excluding hydrogens is 227 g/mol. The van der Waals surface area contributed by atoms with Crippen LogP contribution in [0.1, 0.15) is 10.6 Å². The minimum Gasteiger partial charge on any atom is -0.477 e. The standard InChI is InChI=1S/C11H11FN2OS/c1-8-9(16-7-13-8)5-6-15-11-4-2-3-10(12)14-11/h2-4,7H,5-6H2,1H3. The first-order chi connectivity index (χ1) is 7.75. The van der Waals surface area contributed by atoms with E-state index >= 15 is 0 Å². The summed E-state index contributed by atoms with van der Waals surface area (Å²) in [6.07, 6.45) is 0.773. The van der Waals surface area contributed by atoms with Gasteiger partial charge < -0.3 is 4.74 Å². The molecular formula is C11H11FN2OS. The first-order valence-electron chi connectivity index (χ1n) is 4.90. The normalized spacial score (nSPS) is 10.4. The summed E-state index contributed by atoms with van der Waals surface area (Å²) in [5.74, 6) is -0.200. The predicted molar refractivity (Wildman–Crippen MR) is 60.2 cm³/mol. The molecule has 2 aromatic rings. The molecule has 0 unspecified atom stereocenters. The van der Waals surface area contributed by atoms with Gasteiger partial charge in [0, 0.05) is 17.4 Å². The Morgan fingerprint density at radius 3 is 3.00 bits per heavy atom. The van der Waals surface area contributed by atoms with E-state index < -0.39 is 5.95 Å². The largest absolute Gasteiger partial charge is 0.477 e.